The van der Waals surface area contributed by atoms with Gasteiger partial charge in [-0.05, 0) is 32.4 Å². The van der Waals surface area contributed by atoms with Crippen LogP contribution >= 0.6 is 0 Å². The third-order valence-electron chi connectivity index (χ3n) is 3.90. The van der Waals surface area contributed by atoms with E-state index >= 15 is 0 Å². The van der Waals surface area contributed by atoms with Crippen molar-refractivity contribution in [1.82, 2.24) is 15.5 Å². The molecule has 0 aromatic carbocycles. The number of amides is 1. The largest absolute Gasteiger partial charge is 0.352 e. The van der Waals surface area contributed by atoms with E-state index in [0.717, 1.165) is 26.1 Å². The molecule has 17 heavy (non-hydrogen) atoms. The van der Waals surface area contributed by atoms with Crippen LogP contribution in [0.1, 0.15) is 39.0 Å². The molecule has 0 radical (unpaired) electrons. The van der Waals surface area contributed by atoms with Crippen molar-refractivity contribution in [1.29, 1.82) is 0 Å². The number of hydrogen-bond donors (Lipinski definition) is 2. The molecule has 2 rings (SSSR count). The lowest BCUT2D eigenvalue weighted by Gasteiger charge is -2.31. The highest BCUT2D eigenvalue weighted by Gasteiger charge is 2.24. The zero-order valence-electron chi connectivity index (χ0n) is 10.9. The average Bonchev–Trinajstić information content (AvgIpc) is 2.75. The van der Waals surface area contributed by atoms with Crippen molar-refractivity contribution in [3.05, 3.63) is 0 Å². The van der Waals surface area contributed by atoms with Crippen molar-refractivity contribution in [2.75, 3.05) is 26.2 Å². The minimum absolute atomic E-state index is 0.224. The molecule has 0 bridgehead atoms. The Labute approximate surface area is 104 Å². The minimum atomic E-state index is 0.224. The van der Waals surface area contributed by atoms with Gasteiger partial charge in [-0.25, -0.2) is 0 Å². The van der Waals surface area contributed by atoms with Crippen LogP contribution in [0.5, 0.6) is 0 Å². The molecule has 2 aliphatic heterocycles. The van der Waals surface area contributed by atoms with Crippen LogP contribution in [-0.2, 0) is 4.79 Å². The molecule has 0 saturated carbocycles. The van der Waals surface area contributed by atoms with Crippen molar-refractivity contribution in [2.45, 2.75) is 51.1 Å². The quantitative estimate of drug-likeness (QED) is 0.743. The van der Waals surface area contributed by atoms with Gasteiger partial charge in [0, 0.05) is 31.6 Å². The summed E-state index contributed by atoms with van der Waals surface area (Å²) in [6.07, 6.45) is 5.70. The summed E-state index contributed by atoms with van der Waals surface area (Å²) >= 11 is 0. The summed E-state index contributed by atoms with van der Waals surface area (Å²) in [4.78, 5) is 13.6. The van der Waals surface area contributed by atoms with Crippen LogP contribution in [0.2, 0.25) is 0 Å². The zero-order chi connectivity index (χ0) is 12.1. The number of nitrogens with one attached hydrogen (secondary N) is 2. The lowest BCUT2D eigenvalue weighted by Crippen LogP contribution is -2.47. The van der Waals surface area contributed by atoms with E-state index in [0.29, 0.717) is 18.5 Å². The SMILES string of the molecule is CCN(CC1CCCCN1)CC1CCC(=O)N1. The van der Waals surface area contributed by atoms with Crippen molar-refractivity contribution in [2.24, 2.45) is 0 Å². The summed E-state index contributed by atoms with van der Waals surface area (Å²) in [5, 5.41) is 6.64. The molecule has 2 unspecified atom stereocenters. The van der Waals surface area contributed by atoms with Crippen LogP contribution in [0, 0.1) is 0 Å². The molecule has 1 amide bonds. The van der Waals surface area contributed by atoms with E-state index in [1.54, 1.807) is 0 Å². The number of hydrogen-bond acceptors (Lipinski definition) is 3. The summed E-state index contributed by atoms with van der Waals surface area (Å²) in [6.45, 7) is 6.59. The van der Waals surface area contributed by atoms with Crippen LogP contribution in [0.3, 0.4) is 0 Å². The number of likely N-dealkylation sites (N-methyl/N-ethyl adjacent to an activating group) is 1. The van der Waals surface area contributed by atoms with Crippen LogP contribution in [0.15, 0.2) is 0 Å². The molecule has 0 spiro atoms. The van der Waals surface area contributed by atoms with Gasteiger partial charge in [0.2, 0.25) is 5.91 Å². The Morgan fingerprint density at radius 3 is 2.65 bits per heavy atom. The van der Waals surface area contributed by atoms with E-state index in [-0.39, 0.29) is 5.91 Å². The lowest BCUT2D eigenvalue weighted by atomic mass is 10.0. The maximum absolute atomic E-state index is 11.2. The Hall–Kier alpha value is -0.610. The second-order valence-corrected chi connectivity index (χ2v) is 5.30. The van der Waals surface area contributed by atoms with Gasteiger partial charge in [-0.15, -0.1) is 0 Å². The van der Waals surface area contributed by atoms with Gasteiger partial charge in [-0.2, -0.15) is 0 Å². The van der Waals surface area contributed by atoms with Crippen molar-refractivity contribution in [3.8, 4) is 0 Å². The molecule has 0 aliphatic carbocycles. The maximum atomic E-state index is 11.2. The van der Waals surface area contributed by atoms with Crippen LogP contribution in [0.4, 0.5) is 0 Å². The fraction of sp³-hybridized carbons (Fsp3) is 0.923. The van der Waals surface area contributed by atoms with E-state index in [2.05, 4.69) is 22.5 Å². The van der Waals surface area contributed by atoms with Crippen molar-refractivity contribution < 1.29 is 4.79 Å². The van der Waals surface area contributed by atoms with Gasteiger partial charge in [0.1, 0.15) is 0 Å². The van der Waals surface area contributed by atoms with E-state index in [9.17, 15) is 4.79 Å². The number of piperidine rings is 1. The van der Waals surface area contributed by atoms with Crippen LogP contribution in [0.25, 0.3) is 0 Å². The van der Waals surface area contributed by atoms with E-state index < -0.39 is 0 Å². The molecule has 98 valence electrons. The van der Waals surface area contributed by atoms with Gasteiger partial charge in [0.05, 0.1) is 0 Å². The summed E-state index contributed by atoms with van der Waals surface area (Å²) < 4.78 is 0. The third kappa shape index (κ3) is 3.96. The molecular weight excluding hydrogens is 214 g/mol. The Balaban J connectivity index is 1.73. The Morgan fingerprint density at radius 2 is 2.06 bits per heavy atom. The molecule has 2 aliphatic rings. The molecule has 4 nitrogen and oxygen atoms in total. The summed E-state index contributed by atoms with van der Waals surface area (Å²) in [7, 11) is 0. The zero-order valence-corrected chi connectivity index (χ0v) is 10.9. The molecule has 2 heterocycles. The maximum Gasteiger partial charge on any atom is 0.220 e. The van der Waals surface area contributed by atoms with Crippen molar-refractivity contribution in [3.63, 3.8) is 0 Å². The van der Waals surface area contributed by atoms with Gasteiger partial charge in [-0.1, -0.05) is 13.3 Å². The van der Waals surface area contributed by atoms with Crippen LogP contribution < -0.4 is 10.6 Å². The monoisotopic (exact) mass is 239 g/mol. The first kappa shape index (κ1) is 12.8. The van der Waals surface area contributed by atoms with Gasteiger partial charge >= 0.3 is 0 Å². The molecule has 4 heteroatoms. The van der Waals surface area contributed by atoms with Gasteiger partial charge in [-0.3, -0.25) is 4.79 Å². The third-order valence-corrected chi connectivity index (χ3v) is 3.90. The summed E-state index contributed by atoms with van der Waals surface area (Å²) in [5.41, 5.74) is 0. The number of nitrogens with zero attached hydrogens (tertiary/aromatic N) is 1. The fourth-order valence-corrected chi connectivity index (χ4v) is 2.85. The molecule has 2 N–H and O–H groups in total. The fourth-order valence-electron chi connectivity index (χ4n) is 2.85. The molecule has 0 aromatic rings. The number of rotatable bonds is 5. The lowest BCUT2D eigenvalue weighted by molar-refractivity contribution is -0.119. The normalized spacial score (nSPS) is 29.6. The molecule has 2 saturated heterocycles. The summed E-state index contributed by atoms with van der Waals surface area (Å²) in [5.74, 6) is 0.224. The molecular formula is C13H25N3O. The standard InChI is InChI=1S/C13H25N3O/c1-2-16(9-11-5-3-4-8-14-11)10-12-6-7-13(17)15-12/h11-12,14H,2-10H2,1H3,(H,15,17). The average molecular weight is 239 g/mol. The van der Waals surface area contributed by atoms with Crippen molar-refractivity contribution >= 4 is 5.91 Å². The summed E-state index contributed by atoms with van der Waals surface area (Å²) in [6, 6.07) is 1.03. The first-order valence-corrected chi connectivity index (χ1v) is 7.03. The Kier molecular flexibility index (Phi) is 4.80. The first-order valence-electron chi connectivity index (χ1n) is 7.03. The highest BCUT2D eigenvalue weighted by atomic mass is 16.1. The Bertz CT molecular complexity index is 251. The second kappa shape index (κ2) is 6.36. The topological polar surface area (TPSA) is 44.4 Å². The number of carbonyl (C=O) groups excluding carboxylic acids is 1. The highest BCUT2D eigenvalue weighted by Crippen LogP contribution is 2.11. The number of carbonyl (C=O) groups is 1. The second-order valence-electron chi connectivity index (χ2n) is 5.30. The molecule has 0 aromatic heterocycles. The minimum Gasteiger partial charge on any atom is -0.352 e. The predicted octanol–water partition coefficient (Wildman–Crippen LogP) is 0.729. The highest BCUT2D eigenvalue weighted by molar-refractivity contribution is 5.78. The van der Waals surface area contributed by atoms with Gasteiger partial charge < -0.3 is 15.5 Å². The van der Waals surface area contributed by atoms with E-state index in [4.69, 9.17) is 0 Å². The van der Waals surface area contributed by atoms with Gasteiger partial charge in [0.25, 0.3) is 0 Å². The molecule has 2 fully saturated rings. The van der Waals surface area contributed by atoms with E-state index in [1.165, 1.54) is 25.8 Å². The smallest absolute Gasteiger partial charge is 0.220 e. The first-order chi connectivity index (χ1) is 8.28. The Morgan fingerprint density at radius 1 is 1.24 bits per heavy atom. The molecule has 2 atom stereocenters. The predicted molar refractivity (Wildman–Crippen MR) is 68.9 cm³/mol. The van der Waals surface area contributed by atoms with Gasteiger partial charge in [0.15, 0.2) is 0 Å². The van der Waals surface area contributed by atoms with Crippen LogP contribution in [-0.4, -0.2) is 49.1 Å². The van der Waals surface area contributed by atoms with E-state index in [1.807, 2.05) is 0 Å².